The summed E-state index contributed by atoms with van der Waals surface area (Å²) in [5.74, 6) is 0.0643. The van der Waals surface area contributed by atoms with Gasteiger partial charge in [-0.3, -0.25) is 4.90 Å². The van der Waals surface area contributed by atoms with Crippen LogP contribution in [0.15, 0.2) is 24.3 Å². The third-order valence-electron chi connectivity index (χ3n) is 1.83. The second-order valence-corrected chi connectivity index (χ2v) is 3.27. The van der Waals surface area contributed by atoms with E-state index in [-0.39, 0.29) is 11.8 Å². The molecule has 1 aromatic carbocycles. The van der Waals surface area contributed by atoms with Crippen molar-refractivity contribution in [3.8, 4) is 5.75 Å². The van der Waals surface area contributed by atoms with Gasteiger partial charge in [0, 0.05) is 12.1 Å². The maximum atomic E-state index is 10.9. The van der Waals surface area contributed by atoms with Crippen LogP contribution in [0.5, 0.6) is 5.75 Å². The zero-order chi connectivity index (χ0) is 10.7. The third-order valence-corrected chi connectivity index (χ3v) is 1.83. The smallest absolute Gasteiger partial charge is 0.412 e. The van der Waals surface area contributed by atoms with Gasteiger partial charge in [-0.25, -0.2) is 4.79 Å². The molecule has 0 aliphatic heterocycles. The van der Waals surface area contributed by atoms with Crippen molar-refractivity contribution in [2.45, 2.75) is 19.9 Å². The molecule has 0 atom stereocenters. The number of hydrogen-bond donors (Lipinski definition) is 2. The molecule has 4 nitrogen and oxygen atoms in total. The first-order valence-corrected chi connectivity index (χ1v) is 4.33. The van der Waals surface area contributed by atoms with Crippen molar-refractivity contribution >= 4 is 11.8 Å². The fraction of sp³-hybridized carbons (Fsp3) is 0.300. The van der Waals surface area contributed by atoms with Crippen LogP contribution in [0.25, 0.3) is 0 Å². The first-order valence-electron chi connectivity index (χ1n) is 4.33. The Kier molecular flexibility index (Phi) is 2.96. The molecule has 1 amide bonds. The molecule has 0 spiro atoms. The summed E-state index contributed by atoms with van der Waals surface area (Å²) < 4.78 is 0. The fourth-order valence-corrected chi connectivity index (χ4v) is 1.27. The van der Waals surface area contributed by atoms with E-state index in [1.165, 1.54) is 17.0 Å². The summed E-state index contributed by atoms with van der Waals surface area (Å²) in [6.07, 6.45) is -1.02. The van der Waals surface area contributed by atoms with E-state index in [0.29, 0.717) is 5.69 Å². The number of nitrogens with zero attached hydrogens (tertiary/aromatic N) is 1. The zero-order valence-electron chi connectivity index (χ0n) is 8.14. The van der Waals surface area contributed by atoms with Gasteiger partial charge in [0.05, 0.1) is 5.69 Å². The van der Waals surface area contributed by atoms with Gasteiger partial charge in [-0.2, -0.15) is 0 Å². The zero-order valence-corrected chi connectivity index (χ0v) is 8.14. The molecule has 0 heterocycles. The fourth-order valence-electron chi connectivity index (χ4n) is 1.27. The topological polar surface area (TPSA) is 60.8 Å². The van der Waals surface area contributed by atoms with Crippen LogP contribution in [0.4, 0.5) is 10.5 Å². The molecule has 0 aliphatic carbocycles. The number of hydrogen-bond acceptors (Lipinski definition) is 2. The molecule has 0 saturated carbocycles. The van der Waals surface area contributed by atoms with E-state index in [9.17, 15) is 9.90 Å². The number of aromatic hydroxyl groups is 1. The highest BCUT2D eigenvalue weighted by molar-refractivity contribution is 5.86. The van der Waals surface area contributed by atoms with Gasteiger partial charge in [0.1, 0.15) is 5.75 Å². The Hall–Kier alpha value is -1.71. The Morgan fingerprint density at radius 1 is 1.43 bits per heavy atom. The maximum absolute atomic E-state index is 10.9. The van der Waals surface area contributed by atoms with Crippen molar-refractivity contribution < 1.29 is 15.0 Å². The molecule has 0 saturated heterocycles. The second kappa shape index (κ2) is 4.00. The van der Waals surface area contributed by atoms with Crippen LogP contribution >= 0.6 is 0 Å². The summed E-state index contributed by atoms with van der Waals surface area (Å²) in [4.78, 5) is 12.1. The lowest BCUT2D eigenvalue weighted by Crippen LogP contribution is -2.35. The van der Waals surface area contributed by atoms with Crippen molar-refractivity contribution in [1.82, 2.24) is 0 Å². The summed E-state index contributed by atoms with van der Waals surface area (Å²) in [7, 11) is 0. The minimum absolute atomic E-state index is 0.0643. The van der Waals surface area contributed by atoms with Crippen molar-refractivity contribution in [3.63, 3.8) is 0 Å². The predicted octanol–water partition coefficient (Wildman–Crippen LogP) is 2.29. The molecule has 1 aromatic rings. The van der Waals surface area contributed by atoms with Crippen molar-refractivity contribution in [2.24, 2.45) is 0 Å². The van der Waals surface area contributed by atoms with Gasteiger partial charge in [0.15, 0.2) is 0 Å². The maximum Gasteiger partial charge on any atom is 0.412 e. The predicted molar refractivity (Wildman–Crippen MR) is 53.7 cm³/mol. The number of carboxylic acid groups (broad SMARTS) is 1. The van der Waals surface area contributed by atoms with E-state index in [1.807, 2.05) is 0 Å². The lowest BCUT2D eigenvalue weighted by atomic mass is 10.2. The molecule has 14 heavy (non-hydrogen) atoms. The molecule has 0 radical (unpaired) electrons. The number of phenolic OH excluding ortho intramolecular Hbond substituents is 1. The van der Waals surface area contributed by atoms with Gasteiger partial charge < -0.3 is 10.2 Å². The first kappa shape index (κ1) is 10.4. The van der Waals surface area contributed by atoms with Crippen LogP contribution in [0.1, 0.15) is 13.8 Å². The first-order chi connectivity index (χ1) is 6.52. The van der Waals surface area contributed by atoms with Crippen LogP contribution in [-0.4, -0.2) is 22.3 Å². The average molecular weight is 195 g/mol. The third kappa shape index (κ3) is 2.16. The van der Waals surface area contributed by atoms with Crippen LogP contribution in [-0.2, 0) is 0 Å². The molecule has 2 N–H and O–H groups in total. The highest BCUT2D eigenvalue weighted by atomic mass is 16.4. The molecule has 0 unspecified atom stereocenters. The monoisotopic (exact) mass is 195 g/mol. The van der Waals surface area contributed by atoms with E-state index in [2.05, 4.69) is 0 Å². The number of benzene rings is 1. The normalized spacial score (nSPS) is 10.2. The molecular formula is C10H13NO3. The van der Waals surface area contributed by atoms with Gasteiger partial charge >= 0.3 is 6.09 Å². The van der Waals surface area contributed by atoms with Gasteiger partial charge in [0.25, 0.3) is 0 Å². The molecule has 0 aliphatic rings. The van der Waals surface area contributed by atoms with E-state index in [0.717, 1.165) is 0 Å². The molecular weight excluding hydrogens is 182 g/mol. The van der Waals surface area contributed by atoms with E-state index in [4.69, 9.17) is 5.11 Å². The van der Waals surface area contributed by atoms with Gasteiger partial charge in [-0.15, -0.1) is 0 Å². The number of phenols is 1. The lowest BCUT2D eigenvalue weighted by Gasteiger charge is -2.23. The summed E-state index contributed by atoms with van der Waals surface area (Å²) >= 11 is 0. The van der Waals surface area contributed by atoms with Crippen molar-refractivity contribution in [3.05, 3.63) is 24.3 Å². The van der Waals surface area contributed by atoms with Gasteiger partial charge in [-0.1, -0.05) is 6.07 Å². The van der Waals surface area contributed by atoms with E-state index in [1.54, 1.807) is 26.0 Å². The quantitative estimate of drug-likeness (QED) is 0.761. The molecule has 76 valence electrons. The minimum Gasteiger partial charge on any atom is -0.508 e. The molecule has 0 aromatic heterocycles. The Morgan fingerprint density at radius 2 is 2.07 bits per heavy atom. The number of carbonyl (C=O) groups is 1. The van der Waals surface area contributed by atoms with Crippen molar-refractivity contribution in [1.29, 1.82) is 0 Å². The Balaban J connectivity index is 3.05. The molecule has 4 heteroatoms. The SMILES string of the molecule is CC(C)N(C(=O)O)c1cccc(O)c1. The Labute approximate surface area is 82.4 Å². The van der Waals surface area contributed by atoms with Crippen molar-refractivity contribution in [2.75, 3.05) is 4.90 Å². The molecule has 0 bridgehead atoms. The Bertz CT molecular complexity index is 336. The molecule has 1 rings (SSSR count). The minimum atomic E-state index is -1.02. The summed E-state index contributed by atoms with van der Waals surface area (Å²) in [6, 6.07) is 6.03. The highest BCUT2D eigenvalue weighted by Crippen LogP contribution is 2.21. The second-order valence-electron chi connectivity index (χ2n) is 3.27. The number of rotatable bonds is 2. The van der Waals surface area contributed by atoms with Crippen LogP contribution < -0.4 is 4.90 Å². The van der Waals surface area contributed by atoms with Gasteiger partial charge in [0.2, 0.25) is 0 Å². The highest BCUT2D eigenvalue weighted by Gasteiger charge is 2.17. The standard InChI is InChI=1S/C10H13NO3/c1-7(2)11(10(13)14)8-4-3-5-9(12)6-8/h3-7,12H,1-2H3,(H,13,14). The lowest BCUT2D eigenvalue weighted by molar-refractivity contribution is 0.200. The van der Waals surface area contributed by atoms with E-state index >= 15 is 0 Å². The van der Waals surface area contributed by atoms with Gasteiger partial charge in [-0.05, 0) is 26.0 Å². The van der Waals surface area contributed by atoms with Crippen LogP contribution in [0.2, 0.25) is 0 Å². The van der Waals surface area contributed by atoms with Crippen LogP contribution in [0, 0.1) is 0 Å². The molecule has 0 fully saturated rings. The largest absolute Gasteiger partial charge is 0.508 e. The average Bonchev–Trinajstić information content (AvgIpc) is 2.02. The van der Waals surface area contributed by atoms with E-state index < -0.39 is 6.09 Å². The summed E-state index contributed by atoms with van der Waals surface area (Å²) in [5, 5.41) is 18.1. The number of anilines is 1. The Morgan fingerprint density at radius 3 is 2.50 bits per heavy atom. The van der Waals surface area contributed by atoms with Crippen LogP contribution in [0.3, 0.4) is 0 Å². The summed E-state index contributed by atoms with van der Waals surface area (Å²) in [5.41, 5.74) is 0.479. The summed E-state index contributed by atoms with van der Waals surface area (Å²) in [6.45, 7) is 3.55. The number of amides is 1.